The predicted octanol–water partition coefficient (Wildman–Crippen LogP) is 2.14. The standard InChI is InChI=1S/C16H19N3O3/c1-2-3-6-13(11-5-4-7-17-9-11)19-16(22)12-10-18-15(21)8-14(12)20/h4-5,7-10,13H,2-3,6H2,1H3,(H,19,22)(H2,18,20,21)/t13-/m0/s1. The first-order valence-corrected chi connectivity index (χ1v) is 7.24. The lowest BCUT2D eigenvalue weighted by atomic mass is 10.0. The van der Waals surface area contributed by atoms with Gasteiger partial charge < -0.3 is 15.4 Å². The van der Waals surface area contributed by atoms with E-state index in [2.05, 4.69) is 22.2 Å². The number of aromatic amines is 1. The normalized spacial score (nSPS) is 11.9. The number of nitrogens with zero attached hydrogens (tertiary/aromatic N) is 1. The fourth-order valence-corrected chi connectivity index (χ4v) is 2.19. The van der Waals surface area contributed by atoms with Crippen molar-refractivity contribution >= 4 is 5.91 Å². The Balaban J connectivity index is 2.19. The number of hydrogen-bond donors (Lipinski definition) is 3. The van der Waals surface area contributed by atoms with Crippen molar-refractivity contribution in [2.75, 3.05) is 0 Å². The highest BCUT2D eigenvalue weighted by Crippen LogP contribution is 2.20. The molecule has 1 atom stereocenters. The first-order valence-electron chi connectivity index (χ1n) is 7.24. The molecule has 3 N–H and O–H groups in total. The van der Waals surface area contributed by atoms with Crippen LogP contribution in [0.3, 0.4) is 0 Å². The molecule has 0 unspecified atom stereocenters. The molecule has 0 bridgehead atoms. The SMILES string of the molecule is CCCC[C@H](NC(=O)c1c[nH]c(=O)cc1O)c1cccnc1. The fourth-order valence-electron chi connectivity index (χ4n) is 2.19. The van der Waals surface area contributed by atoms with E-state index in [1.807, 2.05) is 12.1 Å². The Kier molecular flexibility index (Phi) is 5.30. The van der Waals surface area contributed by atoms with E-state index in [-0.39, 0.29) is 17.4 Å². The zero-order chi connectivity index (χ0) is 15.9. The minimum atomic E-state index is -0.455. The zero-order valence-corrected chi connectivity index (χ0v) is 12.4. The van der Waals surface area contributed by atoms with Gasteiger partial charge >= 0.3 is 0 Å². The Labute approximate surface area is 128 Å². The molecule has 2 aromatic rings. The second-order valence-electron chi connectivity index (χ2n) is 5.05. The molecule has 0 aliphatic carbocycles. The highest BCUT2D eigenvalue weighted by atomic mass is 16.3. The third kappa shape index (κ3) is 3.94. The average molecular weight is 301 g/mol. The number of H-pyrrole nitrogens is 1. The summed E-state index contributed by atoms with van der Waals surface area (Å²) in [5.41, 5.74) is 0.502. The van der Waals surface area contributed by atoms with Crippen molar-refractivity contribution < 1.29 is 9.90 Å². The number of carbonyl (C=O) groups is 1. The van der Waals surface area contributed by atoms with Gasteiger partial charge in [-0.15, -0.1) is 0 Å². The maximum Gasteiger partial charge on any atom is 0.257 e. The largest absolute Gasteiger partial charge is 0.507 e. The molecule has 6 nitrogen and oxygen atoms in total. The van der Waals surface area contributed by atoms with Crippen molar-refractivity contribution in [3.05, 3.63) is 58.3 Å². The van der Waals surface area contributed by atoms with E-state index in [1.54, 1.807) is 12.4 Å². The van der Waals surface area contributed by atoms with E-state index >= 15 is 0 Å². The molecule has 0 saturated heterocycles. The fraction of sp³-hybridized carbons (Fsp3) is 0.312. The van der Waals surface area contributed by atoms with Gasteiger partial charge in [0, 0.05) is 24.7 Å². The maximum atomic E-state index is 12.3. The number of pyridine rings is 2. The molecule has 1 amide bonds. The summed E-state index contributed by atoms with van der Waals surface area (Å²) in [5, 5.41) is 12.6. The molecule has 2 heterocycles. The molecule has 0 aromatic carbocycles. The number of amides is 1. The molecule has 0 aliphatic rings. The van der Waals surface area contributed by atoms with Gasteiger partial charge in [-0.3, -0.25) is 14.6 Å². The van der Waals surface area contributed by atoms with E-state index in [4.69, 9.17) is 0 Å². The van der Waals surface area contributed by atoms with Crippen LogP contribution in [0.25, 0.3) is 0 Å². The topological polar surface area (TPSA) is 95.1 Å². The van der Waals surface area contributed by atoms with Gasteiger partial charge in [0.15, 0.2) is 0 Å². The quantitative estimate of drug-likeness (QED) is 0.761. The van der Waals surface area contributed by atoms with Crippen LogP contribution in [0.5, 0.6) is 5.75 Å². The van der Waals surface area contributed by atoms with Crippen LogP contribution >= 0.6 is 0 Å². The highest BCUT2D eigenvalue weighted by molar-refractivity contribution is 5.96. The Morgan fingerprint density at radius 3 is 2.95 bits per heavy atom. The first-order chi connectivity index (χ1) is 10.6. The predicted molar refractivity (Wildman–Crippen MR) is 82.7 cm³/mol. The van der Waals surface area contributed by atoms with Gasteiger partial charge in [-0.05, 0) is 18.1 Å². The van der Waals surface area contributed by atoms with Crippen LogP contribution < -0.4 is 10.9 Å². The van der Waals surface area contributed by atoms with E-state index in [0.717, 1.165) is 30.9 Å². The number of carbonyl (C=O) groups excluding carboxylic acids is 1. The average Bonchev–Trinajstić information content (AvgIpc) is 2.52. The minimum absolute atomic E-state index is 0.0463. The highest BCUT2D eigenvalue weighted by Gasteiger charge is 2.18. The molecular weight excluding hydrogens is 282 g/mol. The van der Waals surface area contributed by atoms with Gasteiger partial charge in [-0.1, -0.05) is 25.8 Å². The molecule has 0 spiro atoms. The Morgan fingerprint density at radius 2 is 2.32 bits per heavy atom. The number of rotatable bonds is 6. The molecule has 116 valence electrons. The van der Waals surface area contributed by atoms with Crippen LogP contribution in [0.1, 0.15) is 48.1 Å². The lowest BCUT2D eigenvalue weighted by molar-refractivity contribution is 0.0931. The lowest BCUT2D eigenvalue weighted by Crippen LogP contribution is -2.29. The van der Waals surface area contributed by atoms with Crippen molar-refractivity contribution in [3.8, 4) is 5.75 Å². The van der Waals surface area contributed by atoms with Crippen molar-refractivity contribution in [2.45, 2.75) is 32.2 Å². The summed E-state index contributed by atoms with van der Waals surface area (Å²) >= 11 is 0. The van der Waals surface area contributed by atoms with Crippen LogP contribution in [-0.2, 0) is 0 Å². The van der Waals surface area contributed by atoms with E-state index in [9.17, 15) is 14.7 Å². The van der Waals surface area contributed by atoms with Gasteiger partial charge in [0.2, 0.25) is 0 Å². The van der Waals surface area contributed by atoms with Crippen LogP contribution in [0, 0.1) is 0 Å². The number of hydrogen-bond acceptors (Lipinski definition) is 4. The number of unbranched alkanes of at least 4 members (excludes halogenated alkanes) is 1. The molecule has 0 fully saturated rings. The second-order valence-corrected chi connectivity index (χ2v) is 5.05. The summed E-state index contributed by atoms with van der Waals surface area (Å²) in [6.45, 7) is 2.08. The lowest BCUT2D eigenvalue weighted by Gasteiger charge is -2.19. The van der Waals surface area contributed by atoms with Gasteiger partial charge in [0.05, 0.1) is 11.6 Å². The monoisotopic (exact) mass is 301 g/mol. The molecule has 0 saturated carbocycles. The molecule has 0 aliphatic heterocycles. The number of aromatic hydroxyl groups is 1. The summed E-state index contributed by atoms with van der Waals surface area (Å²) < 4.78 is 0. The van der Waals surface area contributed by atoms with Crippen molar-refractivity contribution in [2.24, 2.45) is 0 Å². The molecule has 22 heavy (non-hydrogen) atoms. The van der Waals surface area contributed by atoms with Gasteiger partial charge in [0.1, 0.15) is 5.75 Å². The van der Waals surface area contributed by atoms with E-state index in [0.29, 0.717) is 0 Å². The van der Waals surface area contributed by atoms with Crippen LogP contribution in [-0.4, -0.2) is 21.0 Å². The molecule has 6 heteroatoms. The Morgan fingerprint density at radius 1 is 1.50 bits per heavy atom. The number of aromatic nitrogens is 2. The minimum Gasteiger partial charge on any atom is -0.507 e. The van der Waals surface area contributed by atoms with Crippen LogP contribution in [0.4, 0.5) is 0 Å². The summed E-state index contributed by atoms with van der Waals surface area (Å²) in [7, 11) is 0. The molecular formula is C16H19N3O3. The zero-order valence-electron chi connectivity index (χ0n) is 12.4. The van der Waals surface area contributed by atoms with E-state index < -0.39 is 11.5 Å². The third-order valence-corrected chi connectivity index (χ3v) is 3.39. The summed E-state index contributed by atoms with van der Waals surface area (Å²) in [5.74, 6) is -0.764. The second kappa shape index (κ2) is 7.40. The summed E-state index contributed by atoms with van der Waals surface area (Å²) in [6.07, 6.45) is 7.35. The van der Waals surface area contributed by atoms with Crippen LogP contribution in [0.2, 0.25) is 0 Å². The van der Waals surface area contributed by atoms with E-state index in [1.165, 1.54) is 6.20 Å². The van der Waals surface area contributed by atoms with Crippen molar-refractivity contribution in [3.63, 3.8) is 0 Å². The smallest absolute Gasteiger partial charge is 0.257 e. The van der Waals surface area contributed by atoms with Crippen molar-refractivity contribution in [1.29, 1.82) is 0 Å². The Bertz CT molecular complexity index is 683. The molecule has 2 rings (SSSR count). The third-order valence-electron chi connectivity index (χ3n) is 3.39. The molecule has 0 radical (unpaired) electrons. The van der Waals surface area contributed by atoms with Crippen molar-refractivity contribution in [1.82, 2.24) is 15.3 Å². The summed E-state index contributed by atoms with van der Waals surface area (Å²) in [4.78, 5) is 29.9. The maximum absolute atomic E-state index is 12.3. The first kappa shape index (κ1) is 15.8. The Hall–Kier alpha value is -2.63. The number of nitrogens with one attached hydrogen (secondary N) is 2. The van der Waals surface area contributed by atoms with Gasteiger partial charge in [-0.25, -0.2) is 0 Å². The summed E-state index contributed by atoms with van der Waals surface area (Å²) in [6, 6.07) is 4.52. The van der Waals surface area contributed by atoms with Gasteiger partial charge in [-0.2, -0.15) is 0 Å². The van der Waals surface area contributed by atoms with Crippen LogP contribution in [0.15, 0.2) is 41.6 Å². The molecule has 2 aromatic heterocycles. The van der Waals surface area contributed by atoms with Gasteiger partial charge in [0.25, 0.3) is 11.5 Å².